The van der Waals surface area contributed by atoms with Crippen LogP contribution in [0.4, 0.5) is 5.13 Å². The van der Waals surface area contributed by atoms with E-state index in [-0.39, 0.29) is 24.2 Å². The van der Waals surface area contributed by atoms with Crippen LogP contribution < -0.4 is 5.32 Å². The van der Waals surface area contributed by atoms with E-state index in [0.717, 1.165) is 55.6 Å². The molecule has 150 valence electrons. The Labute approximate surface area is 170 Å². The van der Waals surface area contributed by atoms with Crippen LogP contribution in [0.2, 0.25) is 0 Å². The van der Waals surface area contributed by atoms with Crippen molar-refractivity contribution in [3.63, 3.8) is 0 Å². The standard InChI is InChI=1S/C21H28N4O2S/c1-2-3-14-25(20(27)17-11-7-8-12-17)15-13-18(26)22-21-24-23-19(28-21)16-9-5-4-6-10-16/h4-6,9-10,17H,2-3,7-8,11-15H2,1H3,(H,22,24,26). The second kappa shape index (κ2) is 10.3. The first kappa shape index (κ1) is 20.5. The lowest BCUT2D eigenvalue weighted by Gasteiger charge is -2.25. The van der Waals surface area contributed by atoms with Gasteiger partial charge in [-0.3, -0.25) is 9.59 Å². The Morgan fingerprint density at radius 2 is 1.89 bits per heavy atom. The molecule has 0 aliphatic heterocycles. The van der Waals surface area contributed by atoms with Gasteiger partial charge in [0, 0.05) is 31.0 Å². The van der Waals surface area contributed by atoms with Crippen LogP contribution in [0.15, 0.2) is 30.3 Å². The minimum atomic E-state index is -0.128. The van der Waals surface area contributed by atoms with E-state index in [9.17, 15) is 9.59 Å². The summed E-state index contributed by atoms with van der Waals surface area (Å²) in [6.45, 7) is 3.31. The summed E-state index contributed by atoms with van der Waals surface area (Å²) in [5.74, 6) is 0.244. The topological polar surface area (TPSA) is 75.2 Å². The normalized spacial score (nSPS) is 14.2. The van der Waals surface area contributed by atoms with Gasteiger partial charge in [0.1, 0.15) is 5.01 Å². The second-order valence-electron chi connectivity index (χ2n) is 7.24. The Kier molecular flexibility index (Phi) is 7.54. The molecule has 1 N–H and O–H groups in total. The highest BCUT2D eigenvalue weighted by Gasteiger charge is 2.27. The van der Waals surface area contributed by atoms with Gasteiger partial charge in [-0.25, -0.2) is 0 Å². The number of benzene rings is 1. The van der Waals surface area contributed by atoms with Gasteiger partial charge in [0.05, 0.1) is 0 Å². The number of carbonyl (C=O) groups excluding carboxylic acids is 2. The van der Waals surface area contributed by atoms with Crippen molar-refractivity contribution in [3.05, 3.63) is 30.3 Å². The molecule has 0 saturated heterocycles. The van der Waals surface area contributed by atoms with Crippen LogP contribution in [0.1, 0.15) is 51.9 Å². The number of hydrogen-bond acceptors (Lipinski definition) is 5. The van der Waals surface area contributed by atoms with Gasteiger partial charge in [-0.1, -0.05) is 67.9 Å². The van der Waals surface area contributed by atoms with Crippen molar-refractivity contribution in [2.24, 2.45) is 5.92 Å². The average molecular weight is 401 g/mol. The SMILES string of the molecule is CCCCN(CCC(=O)Nc1nnc(-c2ccccc2)s1)C(=O)C1CCCC1. The minimum absolute atomic E-state index is 0.128. The van der Waals surface area contributed by atoms with Crippen LogP contribution in [-0.2, 0) is 9.59 Å². The summed E-state index contributed by atoms with van der Waals surface area (Å²) in [4.78, 5) is 27.0. The molecule has 7 heteroatoms. The van der Waals surface area contributed by atoms with Gasteiger partial charge in [-0.15, -0.1) is 10.2 Å². The molecule has 0 radical (unpaired) electrons. The number of hydrogen-bond donors (Lipinski definition) is 1. The molecule has 1 fully saturated rings. The van der Waals surface area contributed by atoms with Gasteiger partial charge in [0.15, 0.2) is 0 Å². The molecule has 0 spiro atoms. The van der Waals surface area contributed by atoms with E-state index in [1.165, 1.54) is 11.3 Å². The highest BCUT2D eigenvalue weighted by molar-refractivity contribution is 7.18. The zero-order chi connectivity index (χ0) is 19.8. The first-order chi connectivity index (χ1) is 13.7. The van der Waals surface area contributed by atoms with E-state index in [2.05, 4.69) is 22.4 Å². The molecule has 1 aliphatic carbocycles. The van der Waals surface area contributed by atoms with E-state index in [1.54, 1.807) is 0 Å². The van der Waals surface area contributed by atoms with Crippen molar-refractivity contribution < 1.29 is 9.59 Å². The monoisotopic (exact) mass is 400 g/mol. The summed E-state index contributed by atoms with van der Waals surface area (Å²) in [7, 11) is 0. The lowest BCUT2D eigenvalue weighted by Crippen LogP contribution is -2.38. The van der Waals surface area contributed by atoms with E-state index >= 15 is 0 Å². The van der Waals surface area contributed by atoms with Crippen LogP contribution in [0.25, 0.3) is 10.6 Å². The maximum absolute atomic E-state index is 12.8. The summed E-state index contributed by atoms with van der Waals surface area (Å²) < 4.78 is 0. The maximum Gasteiger partial charge on any atom is 0.227 e. The zero-order valence-corrected chi connectivity index (χ0v) is 17.2. The number of nitrogens with zero attached hydrogens (tertiary/aromatic N) is 3. The second-order valence-corrected chi connectivity index (χ2v) is 8.21. The maximum atomic E-state index is 12.8. The lowest BCUT2D eigenvalue weighted by molar-refractivity contribution is -0.135. The van der Waals surface area contributed by atoms with Gasteiger partial charge in [-0.05, 0) is 19.3 Å². The smallest absolute Gasteiger partial charge is 0.227 e. The Bertz CT molecular complexity index is 772. The Morgan fingerprint density at radius 1 is 1.14 bits per heavy atom. The molecule has 1 aromatic heterocycles. The van der Waals surface area contributed by atoms with Crippen molar-refractivity contribution in [2.45, 2.75) is 51.9 Å². The largest absolute Gasteiger partial charge is 0.342 e. The van der Waals surface area contributed by atoms with E-state index in [4.69, 9.17) is 0 Å². The molecule has 1 aromatic carbocycles. The third-order valence-electron chi connectivity index (χ3n) is 5.10. The number of nitrogens with one attached hydrogen (secondary N) is 1. The van der Waals surface area contributed by atoms with E-state index in [1.807, 2.05) is 35.2 Å². The molecule has 28 heavy (non-hydrogen) atoms. The highest BCUT2D eigenvalue weighted by Crippen LogP contribution is 2.27. The van der Waals surface area contributed by atoms with Crippen LogP contribution in [0, 0.1) is 5.92 Å². The van der Waals surface area contributed by atoms with Gasteiger partial charge >= 0.3 is 0 Å². The summed E-state index contributed by atoms with van der Waals surface area (Å²) >= 11 is 1.35. The Morgan fingerprint density at radius 3 is 2.61 bits per heavy atom. The summed E-state index contributed by atoms with van der Waals surface area (Å²) in [6, 6.07) is 9.77. The molecule has 1 heterocycles. The molecule has 6 nitrogen and oxygen atoms in total. The van der Waals surface area contributed by atoms with Gasteiger partial charge in [-0.2, -0.15) is 0 Å². The number of unbranched alkanes of at least 4 members (excludes halogenated alkanes) is 1. The molecule has 1 aliphatic rings. The third-order valence-corrected chi connectivity index (χ3v) is 5.99. The summed E-state index contributed by atoms with van der Waals surface area (Å²) in [5.41, 5.74) is 0.980. The van der Waals surface area contributed by atoms with E-state index in [0.29, 0.717) is 11.7 Å². The fraction of sp³-hybridized carbons (Fsp3) is 0.524. The lowest BCUT2D eigenvalue weighted by atomic mass is 10.1. The molecule has 2 amide bonds. The van der Waals surface area contributed by atoms with Crippen molar-refractivity contribution in [2.75, 3.05) is 18.4 Å². The van der Waals surface area contributed by atoms with E-state index < -0.39 is 0 Å². The van der Waals surface area contributed by atoms with Crippen LogP contribution >= 0.6 is 11.3 Å². The number of carbonyl (C=O) groups is 2. The Hall–Kier alpha value is -2.28. The zero-order valence-electron chi connectivity index (χ0n) is 16.4. The van der Waals surface area contributed by atoms with Crippen molar-refractivity contribution in [3.8, 4) is 10.6 Å². The van der Waals surface area contributed by atoms with Gasteiger partial charge < -0.3 is 10.2 Å². The molecular formula is C21H28N4O2S. The Balaban J connectivity index is 1.52. The number of anilines is 1. The van der Waals surface area contributed by atoms with Crippen LogP contribution in [-0.4, -0.2) is 40.0 Å². The van der Waals surface area contributed by atoms with Gasteiger partial charge in [0.25, 0.3) is 0 Å². The molecule has 0 unspecified atom stereocenters. The number of rotatable bonds is 9. The molecule has 0 bridgehead atoms. The highest BCUT2D eigenvalue weighted by atomic mass is 32.1. The molecule has 1 saturated carbocycles. The predicted molar refractivity (Wildman–Crippen MR) is 112 cm³/mol. The number of amides is 2. The molecule has 0 atom stereocenters. The third kappa shape index (κ3) is 5.61. The van der Waals surface area contributed by atoms with Crippen LogP contribution in [0.5, 0.6) is 0 Å². The fourth-order valence-electron chi connectivity index (χ4n) is 3.50. The fourth-order valence-corrected chi connectivity index (χ4v) is 4.27. The van der Waals surface area contributed by atoms with Crippen molar-refractivity contribution in [1.82, 2.24) is 15.1 Å². The summed E-state index contributed by atoms with van der Waals surface area (Å²) in [6.07, 6.45) is 6.53. The van der Waals surface area contributed by atoms with Crippen molar-refractivity contribution >= 4 is 28.3 Å². The predicted octanol–water partition coefficient (Wildman–Crippen LogP) is 4.35. The quantitative estimate of drug-likeness (QED) is 0.679. The molecular weight excluding hydrogens is 372 g/mol. The van der Waals surface area contributed by atoms with Crippen molar-refractivity contribution in [1.29, 1.82) is 0 Å². The van der Waals surface area contributed by atoms with Crippen LogP contribution in [0.3, 0.4) is 0 Å². The summed E-state index contributed by atoms with van der Waals surface area (Å²) in [5, 5.41) is 12.3. The first-order valence-electron chi connectivity index (χ1n) is 10.1. The molecule has 3 rings (SSSR count). The number of aromatic nitrogens is 2. The molecule has 2 aromatic rings. The van der Waals surface area contributed by atoms with Gasteiger partial charge in [0.2, 0.25) is 16.9 Å². The minimum Gasteiger partial charge on any atom is -0.342 e. The average Bonchev–Trinajstić information content (AvgIpc) is 3.40. The first-order valence-corrected chi connectivity index (χ1v) is 11.0.